The van der Waals surface area contributed by atoms with Gasteiger partial charge in [0.25, 0.3) is 5.91 Å². The first-order chi connectivity index (χ1) is 12.5. The van der Waals surface area contributed by atoms with Crippen molar-refractivity contribution in [1.29, 1.82) is 5.26 Å². The Kier molecular flexibility index (Phi) is 4.96. The molecule has 0 bridgehead atoms. The van der Waals surface area contributed by atoms with Crippen molar-refractivity contribution in [2.45, 2.75) is 13.8 Å². The molecule has 0 atom stereocenters. The SMILES string of the molecule is Cc1cc(/C=C(\C#N)C(=O)Nc2ccc(F)cc2)c(C)n1-c1nccs1. The van der Waals surface area contributed by atoms with E-state index >= 15 is 0 Å². The van der Waals surface area contributed by atoms with Crippen molar-refractivity contribution < 1.29 is 9.18 Å². The summed E-state index contributed by atoms with van der Waals surface area (Å²) >= 11 is 1.51. The lowest BCUT2D eigenvalue weighted by Gasteiger charge is -2.05. The van der Waals surface area contributed by atoms with E-state index in [-0.39, 0.29) is 5.57 Å². The molecule has 0 aliphatic heterocycles. The molecule has 0 spiro atoms. The standard InChI is InChI=1S/C19H15FN4OS/c1-12-9-14(13(2)24(12)19-22-7-8-26-19)10-15(11-21)18(25)23-17-5-3-16(20)4-6-17/h3-10H,1-2H3,(H,23,25)/b15-10+. The largest absolute Gasteiger partial charge is 0.321 e. The molecule has 2 aromatic heterocycles. The van der Waals surface area contributed by atoms with Crippen LogP contribution in [-0.2, 0) is 4.79 Å². The molecule has 0 saturated carbocycles. The number of anilines is 1. The number of aromatic nitrogens is 2. The van der Waals surface area contributed by atoms with Crippen LogP contribution in [0, 0.1) is 31.0 Å². The van der Waals surface area contributed by atoms with Gasteiger partial charge in [-0.25, -0.2) is 9.37 Å². The smallest absolute Gasteiger partial charge is 0.266 e. The molecular formula is C19H15FN4OS. The van der Waals surface area contributed by atoms with E-state index in [2.05, 4.69) is 10.3 Å². The van der Waals surface area contributed by atoms with Crippen molar-refractivity contribution in [3.05, 3.63) is 70.3 Å². The second kappa shape index (κ2) is 7.33. The molecular weight excluding hydrogens is 351 g/mol. The summed E-state index contributed by atoms with van der Waals surface area (Å²) < 4.78 is 14.9. The van der Waals surface area contributed by atoms with E-state index in [4.69, 9.17) is 0 Å². The molecule has 1 N–H and O–H groups in total. The minimum Gasteiger partial charge on any atom is -0.321 e. The fourth-order valence-corrected chi connectivity index (χ4v) is 3.34. The van der Waals surface area contributed by atoms with Crippen LogP contribution in [0.1, 0.15) is 17.0 Å². The maximum Gasteiger partial charge on any atom is 0.266 e. The summed E-state index contributed by atoms with van der Waals surface area (Å²) in [6, 6.07) is 9.20. The lowest BCUT2D eigenvalue weighted by Crippen LogP contribution is -2.13. The number of benzene rings is 1. The van der Waals surface area contributed by atoms with Crippen molar-refractivity contribution in [1.82, 2.24) is 9.55 Å². The summed E-state index contributed by atoms with van der Waals surface area (Å²) in [7, 11) is 0. The van der Waals surface area contributed by atoms with Gasteiger partial charge in [-0.3, -0.25) is 9.36 Å². The van der Waals surface area contributed by atoms with E-state index in [1.165, 1.54) is 35.6 Å². The first-order valence-electron chi connectivity index (χ1n) is 7.77. The summed E-state index contributed by atoms with van der Waals surface area (Å²) in [5, 5.41) is 14.7. The Balaban J connectivity index is 1.90. The maximum absolute atomic E-state index is 13.0. The molecule has 1 aromatic carbocycles. The van der Waals surface area contributed by atoms with Gasteiger partial charge in [-0.05, 0) is 55.8 Å². The fraction of sp³-hybridized carbons (Fsp3) is 0.105. The quantitative estimate of drug-likeness (QED) is 0.555. The predicted molar refractivity (Wildman–Crippen MR) is 99.5 cm³/mol. The van der Waals surface area contributed by atoms with Crippen LogP contribution in [0.15, 0.2) is 47.5 Å². The molecule has 3 aromatic rings. The van der Waals surface area contributed by atoms with Crippen molar-refractivity contribution in [3.63, 3.8) is 0 Å². The van der Waals surface area contributed by atoms with Gasteiger partial charge in [0.1, 0.15) is 17.5 Å². The lowest BCUT2D eigenvalue weighted by molar-refractivity contribution is -0.112. The third kappa shape index (κ3) is 3.55. The van der Waals surface area contributed by atoms with Gasteiger partial charge in [0.05, 0.1) is 0 Å². The second-order valence-corrected chi connectivity index (χ2v) is 6.48. The van der Waals surface area contributed by atoms with Gasteiger partial charge in [-0.2, -0.15) is 5.26 Å². The Morgan fingerprint density at radius 3 is 2.69 bits per heavy atom. The Bertz CT molecular complexity index is 1010. The highest BCUT2D eigenvalue weighted by atomic mass is 32.1. The van der Waals surface area contributed by atoms with Gasteiger partial charge < -0.3 is 5.32 Å². The third-order valence-corrected chi connectivity index (χ3v) is 4.60. The van der Waals surface area contributed by atoms with E-state index in [0.29, 0.717) is 5.69 Å². The number of amides is 1. The van der Waals surface area contributed by atoms with Crippen LogP contribution >= 0.6 is 11.3 Å². The van der Waals surface area contributed by atoms with Gasteiger partial charge in [0, 0.05) is 28.7 Å². The molecule has 5 nitrogen and oxygen atoms in total. The molecule has 7 heteroatoms. The van der Waals surface area contributed by atoms with Crippen LogP contribution < -0.4 is 5.32 Å². The molecule has 26 heavy (non-hydrogen) atoms. The number of carbonyl (C=O) groups is 1. The van der Waals surface area contributed by atoms with Crippen molar-refractivity contribution in [3.8, 4) is 11.2 Å². The number of hydrogen-bond donors (Lipinski definition) is 1. The van der Waals surface area contributed by atoms with E-state index in [1.54, 1.807) is 12.3 Å². The number of halogens is 1. The molecule has 0 aliphatic carbocycles. The average molecular weight is 366 g/mol. The van der Waals surface area contributed by atoms with Crippen LogP contribution in [0.5, 0.6) is 0 Å². The van der Waals surface area contributed by atoms with Crippen molar-refractivity contribution in [2.75, 3.05) is 5.32 Å². The predicted octanol–water partition coefficient (Wildman–Crippen LogP) is 4.24. The fourth-order valence-electron chi connectivity index (χ4n) is 2.59. The molecule has 0 aliphatic rings. The zero-order valence-corrected chi connectivity index (χ0v) is 15.0. The Hall–Kier alpha value is -3.24. The highest BCUT2D eigenvalue weighted by molar-refractivity contribution is 7.12. The van der Waals surface area contributed by atoms with Crippen LogP contribution in [0.25, 0.3) is 11.2 Å². The Labute approximate surface area is 154 Å². The molecule has 1 amide bonds. The van der Waals surface area contributed by atoms with Crippen LogP contribution in [-0.4, -0.2) is 15.5 Å². The summed E-state index contributed by atoms with van der Waals surface area (Å²) in [6.07, 6.45) is 3.27. The van der Waals surface area contributed by atoms with Crippen LogP contribution in [0.2, 0.25) is 0 Å². The molecule has 0 saturated heterocycles. The summed E-state index contributed by atoms with van der Waals surface area (Å²) in [4.78, 5) is 16.7. The normalized spacial score (nSPS) is 11.2. The number of nitrogens with zero attached hydrogens (tertiary/aromatic N) is 3. The second-order valence-electron chi connectivity index (χ2n) is 5.61. The zero-order chi connectivity index (χ0) is 18.7. The van der Waals surface area contributed by atoms with Gasteiger partial charge in [-0.15, -0.1) is 11.3 Å². The first kappa shape index (κ1) is 17.6. The molecule has 0 radical (unpaired) electrons. The summed E-state index contributed by atoms with van der Waals surface area (Å²) in [5.74, 6) is -0.938. The van der Waals surface area contributed by atoms with Crippen LogP contribution in [0.3, 0.4) is 0 Å². The minimum atomic E-state index is -0.543. The molecule has 130 valence electrons. The minimum absolute atomic E-state index is 0.0336. The highest BCUT2D eigenvalue weighted by Gasteiger charge is 2.15. The molecule has 0 fully saturated rings. The number of carbonyl (C=O) groups excluding carboxylic acids is 1. The van der Waals surface area contributed by atoms with Crippen molar-refractivity contribution in [2.24, 2.45) is 0 Å². The van der Waals surface area contributed by atoms with Crippen molar-refractivity contribution >= 4 is 29.0 Å². The van der Waals surface area contributed by atoms with Gasteiger partial charge in [-0.1, -0.05) is 0 Å². The Morgan fingerprint density at radius 2 is 2.08 bits per heavy atom. The third-order valence-electron chi connectivity index (χ3n) is 3.85. The summed E-state index contributed by atoms with van der Waals surface area (Å²) in [6.45, 7) is 3.85. The van der Waals surface area contributed by atoms with Gasteiger partial charge >= 0.3 is 0 Å². The van der Waals surface area contributed by atoms with Gasteiger partial charge in [0.15, 0.2) is 5.13 Å². The van der Waals surface area contributed by atoms with Gasteiger partial charge in [0.2, 0.25) is 0 Å². The van der Waals surface area contributed by atoms with E-state index < -0.39 is 11.7 Å². The number of hydrogen-bond acceptors (Lipinski definition) is 4. The summed E-state index contributed by atoms with van der Waals surface area (Å²) in [5.41, 5.74) is 3.00. The van der Waals surface area contributed by atoms with E-state index in [0.717, 1.165) is 22.1 Å². The van der Waals surface area contributed by atoms with Crippen LogP contribution in [0.4, 0.5) is 10.1 Å². The molecule has 3 rings (SSSR count). The van der Waals surface area contributed by atoms with E-state index in [9.17, 15) is 14.4 Å². The maximum atomic E-state index is 13.0. The number of aryl methyl sites for hydroxylation is 1. The lowest BCUT2D eigenvalue weighted by atomic mass is 10.1. The molecule has 2 heterocycles. The topological polar surface area (TPSA) is 70.7 Å². The number of nitriles is 1. The monoisotopic (exact) mass is 366 g/mol. The number of nitrogens with one attached hydrogen (secondary N) is 1. The number of thiazole rings is 1. The zero-order valence-electron chi connectivity index (χ0n) is 14.2. The van der Waals surface area contributed by atoms with E-state index in [1.807, 2.05) is 35.9 Å². The average Bonchev–Trinajstić information content (AvgIpc) is 3.22. The highest BCUT2D eigenvalue weighted by Crippen LogP contribution is 2.24. The molecule has 0 unspecified atom stereocenters. The Morgan fingerprint density at radius 1 is 1.35 bits per heavy atom. The number of rotatable bonds is 4. The first-order valence-corrected chi connectivity index (χ1v) is 8.65.